The molecule has 3 aromatic heterocycles. The molecule has 0 spiro atoms. The quantitative estimate of drug-likeness (QED) is 0.607. The van der Waals surface area contributed by atoms with E-state index in [0.717, 1.165) is 42.5 Å². The molecule has 1 amide bonds. The molecule has 4 heterocycles. The smallest absolute Gasteiger partial charge is 0.269 e. The Morgan fingerprint density at radius 2 is 2.10 bits per heavy atom. The maximum Gasteiger partial charge on any atom is 0.269 e. The second-order valence-corrected chi connectivity index (χ2v) is 7.79. The van der Waals surface area contributed by atoms with E-state index in [9.17, 15) is 10.1 Å². The van der Waals surface area contributed by atoms with E-state index in [2.05, 4.69) is 36.6 Å². The maximum absolute atomic E-state index is 11.8. The van der Waals surface area contributed by atoms with Crippen molar-refractivity contribution >= 4 is 33.9 Å². The fourth-order valence-electron chi connectivity index (χ4n) is 3.40. The first-order valence-corrected chi connectivity index (χ1v) is 10.7. The third kappa shape index (κ3) is 4.90. The number of hydrogen-bond acceptors (Lipinski definition) is 9. The van der Waals surface area contributed by atoms with Crippen LogP contribution in [0.5, 0.6) is 5.75 Å². The maximum atomic E-state index is 11.8. The summed E-state index contributed by atoms with van der Waals surface area (Å²) in [6.07, 6.45) is 5.12. The summed E-state index contributed by atoms with van der Waals surface area (Å²) in [5.74, 6) is 1.13. The predicted octanol–water partition coefficient (Wildman–Crippen LogP) is 2.96. The molecule has 31 heavy (non-hydrogen) atoms. The van der Waals surface area contributed by atoms with Crippen molar-refractivity contribution in [3.63, 3.8) is 0 Å². The first-order chi connectivity index (χ1) is 15.2. The van der Waals surface area contributed by atoms with Gasteiger partial charge in [0.1, 0.15) is 29.4 Å². The van der Waals surface area contributed by atoms with Crippen LogP contribution in [0.3, 0.4) is 0 Å². The van der Waals surface area contributed by atoms with Gasteiger partial charge in [-0.05, 0) is 18.2 Å². The second-order valence-electron chi connectivity index (χ2n) is 6.90. The highest BCUT2D eigenvalue weighted by Crippen LogP contribution is 2.27. The molecule has 0 saturated carbocycles. The number of pyridine rings is 2. The minimum absolute atomic E-state index is 0.0648. The third-order valence-corrected chi connectivity index (χ3v) is 5.61. The molecule has 0 unspecified atom stereocenters. The van der Waals surface area contributed by atoms with Crippen LogP contribution in [0.4, 0.5) is 16.6 Å². The van der Waals surface area contributed by atoms with Crippen LogP contribution in [-0.4, -0.2) is 47.1 Å². The lowest BCUT2D eigenvalue weighted by molar-refractivity contribution is 0.0958. The third-order valence-electron chi connectivity index (χ3n) is 4.92. The molecular weight excluding hydrogens is 414 g/mol. The van der Waals surface area contributed by atoms with Crippen LogP contribution in [0.25, 0.3) is 0 Å². The Morgan fingerprint density at radius 3 is 2.81 bits per heavy atom. The highest BCUT2D eigenvalue weighted by molar-refractivity contribution is 7.13. The molecule has 0 aliphatic carbocycles. The average Bonchev–Trinajstić information content (AvgIpc) is 3.32. The van der Waals surface area contributed by atoms with Gasteiger partial charge in [-0.1, -0.05) is 0 Å². The van der Waals surface area contributed by atoms with E-state index >= 15 is 0 Å². The van der Waals surface area contributed by atoms with Crippen molar-refractivity contribution in [3.8, 4) is 11.8 Å². The van der Waals surface area contributed by atoms with Crippen molar-refractivity contribution in [1.29, 1.82) is 5.26 Å². The normalized spacial score (nSPS) is 14.0. The van der Waals surface area contributed by atoms with Crippen LogP contribution in [-0.2, 0) is 0 Å². The van der Waals surface area contributed by atoms with E-state index in [4.69, 9.17) is 4.74 Å². The van der Waals surface area contributed by atoms with Gasteiger partial charge in [0.15, 0.2) is 10.8 Å². The summed E-state index contributed by atoms with van der Waals surface area (Å²) in [6, 6.07) is 9.24. The topological polar surface area (TPSA) is 116 Å². The summed E-state index contributed by atoms with van der Waals surface area (Å²) >= 11 is 1.51. The lowest BCUT2D eigenvalue weighted by Gasteiger charge is -2.34. The number of hydrogen-bond donors (Lipinski definition) is 2. The van der Waals surface area contributed by atoms with Gasteiger partial charge in [0.25, 0.3) is 5.91 Å². The highest BCUT2D eigenvalue weighted by atomic mass is 32.1. The van der Waals surface area contributed by atoms with E-state index in [1.54, 1.807) is 24.5 Å². The molecule has 0 atom stereocenters. The minimum atomic E-state index is -0.309. The molecule has 0 bridgehead atoms. The lowest BCUT2D eigenvalue weighted by atomic mass is 10.1. The summed E-state index contributed by atoms with van der Waals surface area (Å²) in [5, 5.41) is 17.8. The van der Waals surface area contributed by atoms with Gasteiger partial charge in [-0.15, -0.1) is 11.3 Å². The van der Waals surface area contributed by atoms with Crippen LogP contribution in [0, 0.1) is 11.3 Å². The highest BCUT2D eigenvalue weighted by Gasteiger charge is 2.23. The molecule has 1 saturated heterocycles. The zero-order valence-electron chi connectivity index (χ0n) is 16.9. The van der Waals surface area contributed by atoms with Crippen molar-refractivity contribution in [2.24, 2.45) is 0 Å². The van der Waals surface area contributed by atoms with Crippen LogP contribution >= 0.6 is 11.3 Å². The number of thiazole rings is 1. The SMILES string of the molecule is CNC(=O)c1ccc(N2CCC(Oc3ccnc(Nc4nccs4)c3)CC2)c(C#N)n1. The second kappa shape index (κ2) is 9.40. The van der Waals surface area contributed by atoms with Crippen LogP contribution in [0.2, 0.25) is 0 Å². The first kappa shape index (κ1) is 20.6. The zero-order valence-corrected chi connectivity index (χ0v) is 17.7. The molecule has 3 aromatic rings. The first-order valence-electron chi connectivity index (χ1n) is 9.83. The summed E-state index contributed by atoms with van der Waals surface area (Å²) in [4.78, 5) is 26.6. The van der Waals surface area contributed by atoms with Gasteiger partial charge in [0.2, 0.25) is 0 Å². The minimum Gasteiger partial charge on any atom is -0.490 e. The predicted molar refractivity (Wildman–Crippen MR) is 118 cm³/mol. The van der Waals surface area contributed by atoms with E-state index in [0.29, 0.717) is 5.82 Å². The Balaban J connectivity index is 1.37. The van der Waals surface area contributed by atoms with Gasteiger partial charge in [0.05, 0.1) is 5.69 Å². The van der Waals surface area contributed by atoms with Gasteiger partial charge < -0.3 is 20.3 Å². The van der Waals surface area contributed by atoms with Gasteiger partial charge in [0, 0.05) is 56.8 Å². The Kier molecular flexibility index (Phi) is 6.24. The number of nitriles is 1. The number of nitrogens with zero attached hydrogens (tertiary/aromatic N) is 5. The molecule has 2 N–H and O–H groups in total. The summed E-state index contributed by atoms with van der Waals surface area (Å²) in [6.45, 7) is 1.46. The number of aromatic nitrogens is 3. The van der Waals surface area contributed by atoms with Gasteiger partial charge in [-0.3, -0.25) is 4.79 Å². The number of ether oxygens (including phenoxy) is 1. The van der Waals surface area contributed by atoms with E-state index in [1.807, 2.05) is 17.5 Å². The fourth-order valence-corrected chi connectivity index (χ4v) is 3.93. The number of carbonyl (C=O) groups is 1. The Bertz CT molecular complexity index is 1090. The van der Waals surface area contributed by atoms with Crippen molar-refractivity contribution in [2.45, 2.75) is 18.9 Å². The fraction of sp³-hybridized carbons (Fsp3) is 0.286. The number of nitrogens with one attached hydrogen (secondary N) is 2. The number of amides is 1. The van der Waals surface area contributed by atoms with Gasteiger partial charge >= 0.3 is 0 Å². The molecule has 1 fully saturated rings. The van der Waals surface area contributed by atoms with E-state index in [-0.39, 0.29) is 23.4 Å². The molecule has 1 aliphatic heterocycles. The average molecular weight is 436 g/mol. The molecule has 9 nitrogen and oxygen atoms in total. The largest absolute Gasteiger partial charge is 0.490 e. The standard InChI is InChI=1S/C21H21N7O2S/c1-23-20(29)16-2-3-18(17(13-22)26-16)28-9-5-14(6-10-28)30-15-4-7-24-19(12-15)27-21-25-8-11-31-21/h2-4,7-8,11-12,14H,5-6,9-10H2,1H3,(H,23,29)(H,24,25,27). The lowest BCUT2D eigenvalue weighted by Crippen LogP contribution is -2.38. The monoisotopic (exact) mass is 435 g/mol. The van der Waals surface area contributed by atoms with Gasteiger partial charge in [-0.25, -0.2) is 15.0 Å². The molecular formula is C21H21N7O2S. The van der Waals surface area contributed by atoms with E-state index in [1.165, 1.54) is 18.4 Å². The van der Waals surface area contributed by atoms with Crippen LogP contribution in [0.15, 0.2) is 42.0 Å². The van der Waals surface area contributed by atoms with Crippen LogP contribution < -0.4 is 20.3 Å². The molecule has 158 valence electrons. The molecule has 4 rings (SSSR count). The molecule has 0 radical (unpaired) electrons. The zero-order chi connectivity index (χ0) is 21.6. The number of piperidine rings is 1. The van der Waals surface area contributed by atoms with Crippen molar-refractivity contribution in [1.82, 2.24) is 20.3 Å². The summed E-state index contributed by atoms with van der Waals surface area (Å²) in [7, 11) is 1.54. The molecule has 0 aromatic carbocycles. The van der Waals surface area contributed by atoms with Crippen molar-refractivity contribution < 1.29 is 9.53 Å². The summed E-state index contributed by atoms with van der Waals surface area (Å²) in [5.41, 5.74) is 1.24. The number of anilines is 3. The van der Waals surface area contributed by atoms with Crippen molar-refractivity contribution in [2.75, 3.05) is 30.4 Å². The van der Waals surface area contributed by atoms with Crippen molar-refractivity contribution in [3.05, 3.63) is 53.4 Å². The number of carbonyl (C=O) groups excluding carboxylic acids is 1. The van der Waals surface area contributed by atoms with Crippen LogP contribution in [0.1, 0.15) is 29.0 Å². The molecule has 1 aliphatic rings. The Hall–Kier alpha value is -3.71. The molecule has 10 heteroatoms. The Morgan fingerprint density at radius 1 is 1.26 bits per heavy atom. The number of rotatable bonds is 6. The Labute approximate surface area is 183 Å². The summed E-state index contributed by atoms with van der Waals surface area (Å²) < 4.78 is 6.16. The van der Waals surface area contributed by atoms with E-state index < -0.39 is 0 Å². The van der Waals surface area contributed by atoms with Gasteiger partial charge in [-0.2, -0.15) is 5.26 Å².